The molecule has 3 heteroatoms. The summed E-state index contributed by atoms with van der Waals surface area (Å²) < 4.78 is 0. The van der Waals surface area contributed by atoms with Crippen molar-refractivity contribution in [2.45, 2.75) is 46.5 Å². The predicted octanol–water partition coefficient (Wildman–Crippen LogP) is 2.77. The zero-order valence-corrected chi connectivity index (χ0v) is 14.7. The molecule has 0 amide bonds. The topological polar surface area (TPSA) is 9.72 Å². The summed E-state index contributed by atoms with van der Waals surface area (Å²) in [5, 5.41) is 0. The second-order valence-electron chi connectivity index (χ2n) is 7.56. The molecular formula is C18H37N3. The van der Waals surface area contributed by atoms with Crippen LogP contribution in [0, 0.1) is 11.8 Å². The maximum Gasteiger partial charge on any atom is 0.0110 e. The Morgan fingerprint density at radius 3 is 2.05 bits per heavy atom. The van der Waals surface area contributed by atoms with Crippen LogP contribution in [-0.4, -0.2) is 73.6 Å². The van der Waals surface area contributed by atoms with Crippen LogP contribution in [0.5, 0.6) is 0 Å². The first-order valence-electron chi connectivity index (χ1n) is 9.34. The van der Waals surface area contributed by atoms with Crippen LogP contribution in [0.4, 0.5) is 0 Å². The molecule has 0 aromatic heterocycles. The number of piperazine rings is 1. The van der Waals surface area contributed by atoms with Crippen LogP contribution >= 0.6 is 0 Å². The molecule has 2 heterocycles. The van der Waals surface area contributed by atoms with Crippen LogP contribution in [-0.2, 0) is 0 Å². The van der Waals surface area contributed by atoms with E-state index in [4.69, 9.17) is 0 Å². The lowest BCUT2D eigenvalue weighted by Crippen LogP contribution is -2.48. The third-order valence-corrected chi connectivity index (χ3v) is 5.39. The number of likely N-dealkylation sites (tertiary alicyclic amines) is 1. The van der Waals surface area contributed by atoms with Crippen molar-refractivity contribution in [3.63, 3.8) is 0 Å². The Bertz CT molecular complexity index is 264. The molecule has 0 aromatic carbocycles. The predicted molar refractivity (Wildman–Crippen MR) is 91.8 cm³/mol. The molecule has 0 atom stereocenters. The molecule has 0 unspecified atom stereocenters. The van der Waals surface area contributed by atoms with E-state index in [1.807, 2.05) is 0 Å². The van der Waals surface area contributed by atoms with Gasteiger partial charge in [0.25, 0.3) is 0 Å². The Kier molecular flexibility index (Phi) is 7.48. The molecule has 0 bridgehead atoms. The number of hydrogen-bond donors (Lipinski definition) is 0. The second kappa shape index (κ2) is 9.12. The zero-order chi connectivity index (χ0) is 15.1. The number of hydrogen-bond acceptors (Lipinski definition) is 3. The molecular weight excluding hydrogens is 258 g/mol. The van der Waals surface area contributed by atoms with E-state index in [9.17, 15) is 0 Å². The summed E-state index contributed by atoms with van der Waals surface area (Å²) >= 11 is 0. The van der Waals surface area contributed by atoms with Crippen molar-refractivity contribution >= 4 is 0 Å². The standard InChI is InChI=1S/C18H37N3/c1-4-19-10-7-18(8-11-19)16-21-14-12-20(13-15-21)9-5-6-17(2)3/h17-18H,4-16H2,1-3H3. The van der Waals surface area contributed by atoms with Gasteiger partial charge < -0.3 is 14.7 Å². The Labute approximate surface area is 132 Å². The smallest absolute Gasteiger partial charge is 0.0110 e. The SMILES string of the molecule is CCN1CCC(CN2CCN(CCCC(C)C)CC2)CC1. The highest BCUT2D eigenvalue weighted by molar-refractivity contribution is 4.78. The molecule has 124 valence electrons. The third-order valence-electron chi connectivity index (χ3n) is 5.39. The first kappa shape index (κ1) is 17.2. The highest BCUT2D eigenvalue weighted by Gasteiger charge is 2.23. The van der Waals surface area contributed by atoms with Gasteiger partial charge in [0.2, 0.25) is 0 Å². The summed E-state index contributed by atoms with van der Waals surface area (Å²) in [6.07, 6.45) is 5.61. The maximum atomic E-state index is 2.73. The van der Waals surface area contributed by atoms with Crippen LogP contribution in [0.25, 0.3) is 0 Å². The summed E-state index contributed by atoms with van der Waals surface area (Å²) in [4.78, 5) is 8.01. The fraction of sp³-hybridized carbons (Fsp3) is 1.00. The molecule has 3 nitrogen and oxygen atoms in total. The molecule has 0 radical (unpaired) electrons. The van der Waals surface area contributed by atoms with Gasteiger partial charge >= 0.3 is 0 Å². The summed E-state index contributed by atoms with van der Waals surface area (Å²) in [5.41, 5.74) is 0. The number of piperidine rings is 1. The lowest BCUT2D eigenvalue weighted by Gasteiger charge is -2.38. The lowest BCUT2D eigenvalue weighted by atomic mass is 9.96. The van der Waals surface area contributed by atoms with Crippen LogP contribution in [0.1, 0.15) is 46.5 Å². The van der Waals surface area contributed by atoms with E-state index in [0.717, 1.165) is 11.8 Å². The van der Waals surface area contributed by atoms with E-state index in [2.05, 4.69) is 35.5 Å². The fourth-order valence-electron chi connectivity index (χ4n) is 3.77. The van der Waals surface area contributed by atoms with Gasteiger partial charge in [-0.1, -0.05) is 20.8 Å². The van der Waals surface area contributed by atoms with E-state index in [1.54, 1.807) is 0 Å². The largest absolute Gasteiger partial charge is 0.304 e. The van der Waals surface area contributed by atoms with E-state index in [0.29, 0.717) is 0 Å². The summed E-state index contributed by atoms with van der Waals surface area (Å²) in [6, 6.07) is 0. The van der Waals surface area contributed by atoms with E-state index in [-0.39, 0.29) is 0 Å². The van der Waals surface area contributed by atoms with Gasteiger partial charge in [-0.3, -0.25) is 0 Å². The molecule has 2 fully saturated rings. The maximum absolute atomic E-state index is 2.73. The molecule has 2 aliphatic heterocycles. The van der Waals surface area contributed by atoms with Crippen molar-refractivity contribution in [1.82, 2.24) is 14.7 Å². The minimum atomic E-state index is 0.861. The van der Waals surface area contributed by atoms with Crippen LogP contribution < -0.4 is 0 Å². The van der Waals surface area contributed by atoms with Crippen molar-refractivity contribution in [1.29, 1.82) is 0 Å². The number of nitrogens with zero attached hydrogens (tertiary/aromatic N) is 3. The van der Waals surface area contributed by atoms with Gasteiger partial charge in [0.05, 0.1) is 0 Å². The van der Waals surface area contributed by atoms with Gasteiger partial charge in [0.1, 0.15) is 0 Å². The molecule has 0 N–H and O–H groups in total. The first-order valence-corrected chi connectivity index (χ1v) is 9.34. The zero-order valence-electron chi connectivity index (χ0n) is 14.7. The summed E-state index contributed by atoms with van der Waals surface area (Å²) in [6.45, 7) is 18.7. The first-order chi connectivity index (χ1) is 10.2. The van der Waals surface area contributed by atoms with Crippen molar-refractivity contribution in [3.05, 3.63) is 0 Å². The van der Waals surface area contributed by atoms with Crippen LogP contribution in [0.3, 0.4) is 0 Å². The Balaban J connectivity index is 1.57. The summed E-state index contributed by atoms with van der Waals surface area (Å²) in [7, 11) is 0. The van der Waals surface area contributed by atoms with E-state index < -0.39 is 0 Å². The van der Waals surface area contributed by atoms with Crippen molar-refractivity contribution < 1.29 is 0 Å². The molecule has 2 saturated heterocycles. The molecule has 0 aromatic rings. The van der Waals surface area contributed by atoms with Crippen molar-refractivity contribution in [2.24, 2.45) is 11.8 Å². The van der Waals surface area contributed by atoms with Crippen LogP contribution in [0.2, 0.25) is 0 Å². The second-order valence-corrected chi connectivity index (χ2v) is 7.56. The average Bonchev–Trinajstić information content (AvgIpc) is 2.49. The molecule has 2 aliphatic rings. The van der Waals surface area contributed by atoms with E-state index in [1.165, 1.54) is 84.6 Å². The lowest BCUT2D eigenvalue weighted by molar-refractivity contribution is 0.0950. The quantitative estimate of drug-likeness (QED) is 0.715. The summed E-state index contributed by atoms with van der Waals surface area (Å²) in [5.74, 6) is 1.82. The van der Waals surface area contributed by atoms with Gasteiger partial charge in [0.15, 0.2) is 0 Å². The highest BCUT2D eigenvalue weighted by Crippen LogP contribution is 2.19. The van der Waals surface area contributed by atoms with Crippen LogP contribution in [0.15, 0.2) is 0 Å². The van der Waals surface area contributed by atoms with Gasteiger partial charge in [0, 0.05) is 32.7 Å². The van der Waals surface area contributed by atoms with Gasteiger partial charge in [-0.15, -0.1) is 0 Å². The molecule has 21 heavy (non-hydrogen) atoms. The van der Waals surface area contributed by atoms with Gasteiger partial charge in [-0.2, -0.15) is 0 Å². The third kappa shape index (κ3) is 6.25. The minimum Gasteiger partial charge on any atom is -0.304 e. The van der Waals surface area contributed by atoms with E-state index >= 15 is 0 Å². The average molecular weight is 296 g/mol. The normalized spacial score (nSPS) is 24.0. The highest BCUT2D eigenvalue weighted by atomic mass is 15.3. The fourth-order valence-corrected chi connectivity index (χ4v) is 3.77. The monoisotopic (exact) mass is 295 g/mol. The molecule has 0 saturated carbocycles. The molecule has 0 spiro atoms. The van der Waals surface area contributed by atoms with Crippen molar-refractivity contribution in [2.75, 3.05) is 58.9 Å². The minimum absolute atomic E-state index is 0.861. The molecule has 0 aliphatic carbocycles. The Hall–Kier alpha value is -0.120. The Morgan fingerprint density at radius 2 is 1.48 bits per heavy atom. The van der Waals surface area contributed by atoms with Gasteiger partial charge in [-0.25, -0.2) is 0 Å². The Morgan fingerprint density at radius 1 is 0.857 bits per heavy atom. The number of rotatable bonds is 7. The van der Waals surface area contributed by atoms with Gasteiger partial charge in [-0.05, 0) is 63.7 Å². The molecule has 2 rings (SSSR count). The van der Waals surface area contributed by atoms with Crippen molar-refractivity contribution in [3.8, 4) is 0 Å².